The second-order valence-electron chi connectivity index (χ2n) is 21.0. The average molecular weight is 1220 g/mol. The summed E-state index contributed by atoms with van der Waals surface area (Å²) in [6.45, 7) is -2.88. The van der Waals surface area contributed by atoms with Crippen LogP contribution >= 0.6 is 0 Å². The molecule has 22 N–H and O–H groups in total. The Balaban J connectivity index is 1.15. The highest BCUT2D eigenvalue weighted by molar-refractivity contribution is 5.73. The van der Waals surface area contributed by atoms with Gasteiger partial charge in [-0.2, -0.15) is 0 Å². The highest BCUT2D eigenvalue weighted by atomic mass is 16.8. The summed E-state index contributed by atoms with van der Waals surface area (Å²) in [4.78, 5) is 25.8. The topological polar surface area (TPSA) is 583 Å². The van der Waals surface area contributed by atoms with Crippen molar-refractivity contribution < 1.29 is 173 Å². The Labute approximate surface area is 470 Å². The van der Waals surface area contributed by atoms with Gasteiger partial charge < -0.3 is 174 Å². The van der Waals surface area contributed by atoms with Crippen molar-refractivity contribution in [1.82, 2.24) is 10.6 Å². The standard InChI is InChI=1S/C46H78N2O35/c1-10-21(57)26(62)30(66)43(71-10)81-37-20(48-12(3)56)42(77-18(9-54)36(37)80-44-31(67)27(63)22(58)13(4-49)73-44)83-39-24(60)15(6-51)74-45(33(39)69)78-34-17(8-53)76-41(19(25(34)61)47-11(2)55)82-38-23(59)14(5-50)75-46(32(38)68)79-35-16(7-52)72-40(70)29(65)28(35)64/h10,13-46,49-54,57-70H,4-9H2,1-3H3,(H,47,55)(H,48,56)/t10-,13+,14+,15+,16+,17+,18+,19+,20+,21+,22-,23-,24-,25+,26+,27-,28+,29+,30-,31+,32+,33+,34+,35+,36+,37+,38-,39-,40+,41-,42-,43-,44-,45-,46-/m0/s1. The molecule has 7 aliphatic rings. The molecule has 7 fully saturated rings. The maximum Gasteiger partial charge on any atom is 0.217 e. The van der Waals surface area contributed by atoms with Crippen LogP contribution in [0.15, 0.2) is 0 Å². The van der Waals surface area contributed by atoms with E-state index in [0.29, 0.717) is 0 Å². The van der Waals surface area contributed by atoms with E-state index in [1.165, 1.54) is 6.92 Å². The van der Waals surface area contributed by atoms with Crippen molar-refractivity contribution in [1.29, 1.82) is 0 Å². The lowest BCUT2D eigenvalue weighted by Gasteiger charge is -2.52. The molecule has 7 aliphatic heterocycles. The fourth-order valence-corrected chi connectivity index (χ4v) is 10.7. The van der Waals surface area contributed by atoms with Gasteiger partial charge in [-0.3, -0.25) is 9.59 Å². The van der Waals surface area contributed by atoms with Gasteiger partial charge in [0, 0.05) is 13.8 Å². The van der Waals surface area contributed by atoms with Crippen molar-refractivity contribution in [3.8, 4) is 0 Å². The van der Waals surface area contributed by atoms with Gasteiger partial charge in [-0.05, 0) is 6.92 Å². The number of hydrogen-bond donors (Lipinski definition) is 22. The second-order valence-corrected chi connectivity index (χ2v) is 21.0. The largest absolute Gasteiger partial charge is 0.394 e. The van der Waals surface area contributed by atoms with Crippen molar-refractivity contribution in [3.05, 3.63) is 0 Å². The molecule has 7 heterocycles. The Morgan fingerprint density at radius 3 is 1.12 bits per heavy atom. The number of rotatable bonds is 20. The molecule has 7 rings (SSSR count). The zero-order valence-corrected chi connectivity index (χ0v) is 44.5. The third kappa shape index (κ3) is 14.5. The number of aliphatic hydroxyl groups excluding tert-OH is 20. The molecule has 37 heteroatoms. The summed E-state index contributed by atoms with van der Waals surface area (Å²) in [5.41, 5.74) is 0. The molecule has 0 unspecified atom stereocenters. The predicted octanol–water partition coefficient (Wildman–Crippen LogP) is -15.0. The number of amides is 2. The van der Waals surface area contributed by atoms with Gasteiger partial charge in [0.05, 0.1) is 45.7 Å². The molecule has 37 nitrogen and oxygen atoms in total. The highest BCUT2D eigenvalue weighted by Crippen LogP contribution is 2.39. The fraction of sp³-hybridized carbons (Fsp3) is 0.957. The minimum atomic E-state index is -2.31. The third-order valence-corrected chi connectivity index (χ3v) is 15.3. The van der Waals surface area contributed by atoms with Gasteiger partial charge >= 0.3 is 0 Å². The molecule has 0 aromatic heterocycles. The van der Waals surface area contributed by atoms with Crippen molar-refractivity contribution in [3.63, 3.8) is 0 Å². The molecular formula is C46H78N2O35. The first-order valence-electron chi connectivity index (χ1n) is 26.5. The molecule has 83 heavy (non-hydrogen) atoms. The van der Waals surface area contributed by atoms with Crippen LogP contribution in [0.2, 0.25) is 0 Å². The lowest BCUT2D eigenvalue weighted by Crippen LogP contribution is -2.71. The number of ether oxygens (including phenoxy) is 13. The molecule has 0 bridgehead atoms. The van der Waals surface area contributed by atoms with Crippen molar-refractivity contribution >= 4 is 11.8 Å². The Morgan fingerprint density at radius 2 is 0.651 bits per heavy atom. The molecule has 0 saturated carbocycles. The van der Waals surface area contributed by atoms with Gasteiger partial charge in [0.2, 0.25) is 11.8 Å². The minimum absolute atomic E-state index is 0.888. The summed E-state index contributed by atoms with van der Waals surface area (Å²) >= 11 is 0. The van der Waals surface area contributed by atoms with Crippen molar-refractivity contribution in [2.75, 3.05) is 39.6 Å². The normalized spacial score (nSPS) is 50.8. The van der Waals surface area contributed by atoms with Gasteiger partial charge in [0.15, 0.2) is 44.0 Å². The number of aliphatic hydroxyl groups is 20. The molecule has 0 aromatic carbocycles. The first kappa shape index (κ1) is 68.1. The van der Waals surface area contributed by atoms with Gasteiger partial charge in [-0.25, -0.2) is 0 Å². The first-order valence-corrected chi connectivity index (χ1v) is 26.5. The van der Waals surface area contributed by atoms with Crippen LogP contribution < -0.4 is 10.6 Å². The van der Waals surface area contributed by atoms with E-state index in [2.05, 4.69) is 10.6 Å². The Kier molecular flexibility index (Phi) is 24.0. The van der Waals surface area contributed by atoms with Gasteiger partial charge in [0.25, 0.3) is 0 Å². The third-order valence-electron chi connectivity index (χ3n) is 15.3. The maximum absolute atomic E-state index is 13.1. The van der Waals surface area contributed by atoms with Crippen LogP contribution in [0.5, 0.6) is 0 Å². The summed E-state index contributed by atoms with van der Waals surface area (Å²) in [6, 6.07) is -3.70. The highest BCUT2D eigenvalue weighted by Gasteiger charge is 2.59. The zero-order valence-electron chi connectivity index (χ0n) is 44.5. The monoisotopic (exact) mass is 1220 g/mol. The molecule has 7 saturated heterocycles. The summed E-state index contributed by atoms with van der Waals surface area (Å²) in [5, 5.41) is 220. The molecule has 482 valence electrons. The Morgan fingerprint density at radius 1 is 0.313 bits per heavy atom. The summed E-state index contributed by atoms with van der Waals surface area (Å²) in [6.07, 6.45) is -63.7. The summed E-state index contributed by atoms with van der Waals surface area (Å²) < 4.78 is 75.4. The number of carbonyl (C=O) groups is 2. The first-order chi connectivity index (χ1) is 39.2. The van der Waals surface area contributed by atoms with E-state index in [0.717, 1.165) is 13.8 Å². The smallest absolute Gasteiger partial charge is 0.217 e. The number of hydrogen-bond acceptors (Lipinski definition) is 35. The van der Waals surface area contributed by atoms with Crippen LogP contribution in [-0.4, -0.2) is 368 Å². The van der Waals surface area contributed by atoms with Gasteiger partial charge in [0.1, 0.15) is 165 Å². The quantitative estimate of drug-likeness (QED) is 0.0538. The molecule has 0 radical (unpaired) electrons. The predicted molar refractivity (Wildman–Crippen MR) is 254 cm³/mol. The fourth-order valence-electron chi connectivity index (χ4n) is 10.7. The molecule has 2 amide bonds. The maximum atomic E-state index is 13.1. The van der Waals surface area contributed by atoms with E-state index >= 15 is 0 Å². The van der Waals surface area contributed by atoms with E-state index in [1.807, 2.05) is 0 Å². The average Bonchev–Trinajstić information content (AvgIpc) is 3.61. The summed E-state index contributed by atoms with van der Waals surface area (Å²) in [7, 11) is 0. The lowest BCUT2D eigenvalue weighted by atomic mass is 9.93. The second kappa shape index (κ2) is 29.3. The van der Waals surface area contributed by atoms with Crippen molar-refractivity contribution in [2.24, 2.45) is 0 Å². The van der Waals surface area contributed by atoms with Crippen LogP contribution in [0.3, 0.4) is 0 Å². The van der Waals surface area contributed by atoms with Crippen LogP contribution in [-0.2, 0) is 71.2 Å². The van der Waals surface area contributed by atoms with Gasteiger partial charge in [-0.15, -0.1) is 0 Å². The lowest BCUT2D eigenvalue weighted by molar-refractivity contribution is -0.393. The van der Waals surface area contributed by atoms with Crippen molar-refractivity contribution in [2.45, 2.75) is 236 Å². The zero-order chi connectivity index (χ0) is 61.2. The minimum Gasteiger partial charge on any atom is -0.394 e. The van der Waals surface area contributed by atoms with E-state index in [1.54, 1.807) is 0 Å². The number of nitrogens with one attached hydrogen (secondary N) is 2. The van der Waals surface area contributed by atoms with Crippen LogP contribution in [0.4, 0.5) is 0 Å². The van der Waals surface area contributed by atoms with E-state index in [9.17, 15) is 112 Å². The van der Waals surface area contributed by atoms with E-state index in [4.69, 9.17) is 61.6 Å². The molecule has 0 aliphatic carbocycles. The van der Waals surface area contributed by atoms with Crippen LogP contribution in [0.1, 0.15) is 20.8 Å². The Bertz CT molecular complexity index is 2040. The van der Waals surface area contributed by atoms with Crippen LogP contribution in [0.25, 0.3) is 0 Å². The Hall–Kier alpha value is -2.38. The number of carbonyl (C=O) groups excluding carboxylic acids is 2. The molecule has 0 spiro atoms. The molecular weight excluding hydrogens is 1140 g/mol. The van der Waals surface area contributed by atoms with Crippen LogP contribution in [0, 0.1) is 0 Å². The molecule has 0 aromatic rings. The van der Waals surface area contributed by atoms with E-state index in [-0.39, 0.29) is 0 Å². The van der Waals surface area contributed by atoms with Gasteiger partial charge in [-0.1, -0.05) is 0 Å². The summed E-state index contributed by atoms with van der Waals surface area (Å²) in [5.74, 6) is -1.79. The van der Waals surface area contributed by atoms with E-state index < -0.39 is 266 Å². The molecule has 35 atom stereocenters. The SMILES string of the molecule is CC(=O)N[C@H]1[C@H](O[C@H]2[C@@H](O)[C@@H](CO)O[C@@H](O[C@H]3[C@H](O)[C@@H](O)[C@H](O)O[C@@H]3CO)[C@@H]2O)O[C@H](CO)[C@@H](O[C@@H]2O[C@H](CO)[C@H](O)[C@H](O[C@@H]3O[C@H](CO)[C@@H](O[C@@H]4O[C@H](CO)[C@H](O)[C@H](O)[C@H]4O)[C@H](O[C@@H]4O[C@@H](C)[C@@H](O)[C@@H](O)[C@@H]4O)[C@H]3NC(C)=O)[C@H]2O)[C@@H]1O.